The highest BCUT2D eigenvalue weighted by Gasteiger charge is 2.10. The van der Waals surface area contributed by atoms with Crippen LogP contribution in [-0.4, -0.2) is 32.6 Å². The molecule has 0 radical (unpaired) electrons. The molecular weight excluding hydrogens is 242 g/mol. The smallest absolute Gasteiger partial charge is 0.347 e. The first-order chi connectivity index (χ1) is 8.20. The van der Waals surface area contributed by atoms with Crippen LogP contribution in [0.2, 0.25) is 0 Å². The van der Waals surface area contributed by atoms with Gasteiger partial charge in [-0.3, -0.25) is 0 Å². The lowest BCUT2D eigenvalue weighted by molar-refractivity contribution is 0.0702. The molecular formula is C10H9N3O3S. The monoisotopic (exact) mass is 251 g/mol. The number of nitrogens with zero attached hydrogens (tertiary/aromatic N) is 3. The first-order valence-electron chi connectivity index (χ1n) is 4.85. The van der Waals surface area contributed by atoms with Crippen molar-refractivity contribution in [3.05, 3.63) is 23.5 Å². The zero-order valence-corrected chi connectivity index (χ0v) is 9.77. The van der Waals surface area contributed by atoms with Crippen molar-refractivity contribution in [1.82, 2.24) is 15.0 Å². The quantitative estimate of drug-likeness (QED) is 0.890. The van der Waals surface area contributed by atoms with Crippen LogP contribution in [0.4, 0.5) is 0 Å². The van der Waals surface area contributed by atoms with Crippen LogP contribution in [0.25, 0.3) is 10.6 Å². The van der Waals surface area contributed by atoms with Gasteiger partial charge in [0.15, 0.2) is 0 Å². The van der Waals surface area contributed by atoms with E-state index in [1.54, 1.807) is 12.4 Å². The van der Waals surface area contributed by atoms with Crippen molar-refractivity contribution in [2.24, 2.45) is 0 Å². The Morgan fingerprint density at radius 2 is 2.06 bits per heavy atom. The van der Waals surface area contributed by atoms with E-state index in [-0.39, 0.29) is 4.88 Å². The van der Waals surface area contributed by atoms with E-state index >= 15 is 0 Å². The van der Waals surface area contributed by atoms with Crippen LogP contribution in [-0.2, 0) is 0 Å². The van der Waals surface area contributed by atoms with Gasteiger partial charge in [-0.2, -0.15) is 0 Å². The number of carboxylic acids is 1. The molecule has 2 aromatic rings. The number of carbonyl (C=O) groups is 1. The maximum Gasteiger partial charge on any atom is 0.347 e. The number of carboxylic acid groups (broad SMARTS) is 1. The third kappa shape index (κ3) is 2.56. The fraction of sp³-hybridized carbons (Fsp3) is 0.200. The van der Waals surface area contributed by atoms with Gasteiger partial charge in [0.25, 0.3) is 0 Å². The molecule has 0 spiro atoms. The summed E-state index contributed by atoms with van der Waals surface area (Å²) in [5.74, 6) is -0.986. The third-order valence-corrected chi connectivity index (χ3v) is 2.90. The van der Waals surface area contributed by atoms with Crippen molar-refractivity contribution in [3.8, 4) is 16.6 Å². The van der Waals surface area contributed by atoms with Gasteiger partial charge >= 0.3 is 12.0 Å². The van der Waals surface area contributed by atoms with Crippen LogP contribution in [0, 0.1) is 0 Å². The van der Waals surface area contributed by atoms with E-state index in [1.807, 2.05) is 6.92 Å². The summed E-state index contributed by atoms with van der Waals surface area (Å²) < 4.78 is 5.11. The van der Waals surface area contributed by atoms with Crippen LogP contribution in [0.3, 0.4) is 0 Å². The van der Waals surface area contributed by atoms with Gasteiger partial charge < -0.3 is 9.84 Å². The Morgan fingerprint density at radius 1 is 1.35 bits per heavy atom. The summed E-state index contributed by atoms with van der Waals surface area (Å²) >= 11 is 1.08. The number of aromatic nitrogens is 3. The molecule has 0 aliphatic heterocycles. The lowest BCUT2D eigenvalue weighted by atomic mass is 10.4. The van der Waals surface area contributed by atoms with Crippen molar-refractivity contribution in [3.63, 3.8) is 0 Å². The minimum atomic E-state index is -0.986. The van der Waals surface area contributed by atoms with Crippen molar-refractivity contribution in [2.45, 2.75) is 6.92 Å². The first kappa shape index (κ1) is 11.5. The highest BCUT2D eigenvalue weighted by molar-refractivity contribution is 7.16. The molecule has 0 unspecified atom stereocenters. The lowest BCUT2D eigenvalue weighted by Crippen LogP contribution is -1.96. The van der Waals surface area contributed by atoms with E-state index in [2.05, 4.69) is 15.0 Å². The topological polar surface area (TPSA) is 85.2 Å². The molecule has 2 rings (SSSR count). The van der Waals surface area contributed by atoms with Gasteiger partial charge in [-0.15, -0.1) is 11.3 Å². The molecule has 7 heteroatoms. The normalized spacial score (nSPS) is 10.2. The fourth-order valence-corrected chi connectivity index (χ4v) is 1.87. The standard InChI is InChI=1S/C10H9N3O3S/c1-2-16-10-12-3-6(4-13-10)8-11-5-7(17-8)9(14)15/h3-5H,2H2,1H3,(H,14,15). The van der Waals surface area contributed by atoms with Crippen molar-refractivity contribution < 1.29 is 14.6 Å². The molecule has 0 saturated carbocycles. The summed E-state index contributed by atoms with van der Waals surface area (Å²) in [6.07, 6.45) is 4.43. The SMILES string of the molecule is CCOc1ncc(-c2ncc(C(=O)O)s2)cn1. The maximum atomic E-state index is 10.7. The third-order valence-electron chi connectivity index (χ3n) is 1.87. The Kier molecular flexibility index (Phi) is 3.29. The second-order valence-electron chi connectivity index (χ2n) is 3.02. The zero-order valence-electron chi connectivity index (χ0n) is 8.95. The first-order valence-corrected chi connectivity index (χ1v) is 5.66. The molecule has 88 valence electrons. The summed E-state index contributed by atoms with van der Waals surface area (Å²) in [5.41, 5.74) is 0.672. The largest absolute Gasteiger partial charge is 0.477 e. The zero-order chi connectivity index (χ0) is 12.3. The van der Waals surface area contributed by atoms with Crippen molar-refractivity contribution >= 4 is 17.3 Å². The summed E-state index contributed by atoms with van der Waals surface area (Å²) in [5, 5.41) is 9.35. The van der Waals surface area contributed by atoms with E-state index in [4.69, 9.17) is 9.84 Å². The highest BCUT2D eigenvalue weighted by Crippen LogP contribution is 2.24. The molecule has 0 fully saturated rings. The average Bonchev–Trinajstić information content (AvgIpc) is 2.80. The fourth-order valence-electron chi connectivity index (χ4n) is 1.14. The second-order valence-corrected chi connectivity index (χ2v) is 4.05. The van der Waals surface area contributed by atoms with Gasteiger partial charge in [-0.25, -0.2) is 19.7 Å². The van der Waals surface area contributed by atoms with Gasteiger partial charge in [0, 0.05) is 18.0 Å². The molecule has 0 saturated heterocycles. The van der Waals surface area contributed by atoms with E-state index in [1.165, 1.54) is 6.20 Å². The second kappa shape index (κ2) is 4.88. The molecule has 0 aromatic carbocycles. The Balaban J connectivity index is 2.23. The van der Waals surface area contributed by atoms with Gasteiger partial charge in [0.1, 0.15) is 9.88 Å². The molecule has 0 atom stereocenters. The molecule has 17 heavy (non-hydrogen) atoms. The molecule has 0 aliphatic rings. The number of rotatable bonds is 4. The Hall–Kier alpha value is -2.02. The van der Waals surface area contributed by atoms with Crippen molar-refractivity contribution in [2.75, 3.05) is 6.61 Å². The van der Waals surface area contributed by atoms with E-state index < -0.39 is 5.97 Å². The summed E-state index contributed by atoms with van der Waals surface area (Å²) in [6.45, 7) is 2.34. The van der Waals surface area contributed by atoms with Crippen molar-refractivity contribution in [1.29, 1.82) is 0 Å². The molecule has 0 bridgehead atoms. The number of ether oxygens (including phenoxy) is 1. The number of hydrogen-bond acceptors (Lipinski definition) is 6. The number of hydrogen-bond donors (Lipinski definition) is 1. The molecule has 0 amide bonds. The van der Waals surface area contributed by atoms with Gasteiger partial charge in [-0.1, -0.05) is 0 Å². The molecule has 6 nitrogen and oxygen atoms in total. The highest BCUT2D eigenvalue weighted by atomic mass is 32.1. The number of aromatic carboxylic acids is 1. The van der Waals surface area contributed by atoms with E-state index in [9.17, 15) is 4.79 Å². The van der Waals surface area contributed by atoms with Crippen LogP contribution in [0.5, 0.6) is 6.01 Å². The minimum Gasteiger partial charge on any atom is -0.477 e. The molecule has 1 N–H and O–H groups in total. The van der Waals surface area contributed by atoms with E-state index in [0.717, 1.165) is 11.3 Å². The molecule has 2 heterocycles. The minimum absolute atomic E-state index is 0.189. The predicted molar refractivity (Wildman–Crippen MR) is 61.3 cm³/mol. The Bertz CT molecular complexity index is 524. The summed E-state index contributed by atoms with van der Waals surface area (Å²) in [6, 6.07) is 0.297. The van der Waals surface area contributed by atoms with E-state index in [0.29, 0.717) is 23.2 Å². The van der Waals surface area contributed by atoms with Gasteiger partial charge in [0.2, 0.25) is 0 Å². The van der Waals surface area contributed by atoms with Gasteiger partial charge in [0.05, 0.1) is 12.8 Å². The Morgan fingerprint density at radius 3 is 2.59 bits per heavy atom. The Labute approximate surface area is 101 Å². The van der Waals surface area contributed by atoms with Gasteiger partial charge in [-0.05, 0) is 6.92 Å². The van der Waals surface area contributed by atoms with Crippen LogP contribution < -0.4 is 4.74 Å². The summed E-state index contributed by atoms with van der Waals surface area (Å²) in [4.78, 5) is 22.9. The van der Waals surface area contributed by atoms with Crippen LogP contribution in [0.1, 0.15) is 16.6 Å². The predicted octanol–water partition coefficient (Wildman–Crippen LogP) is 1.70. The summed E-state index contributed by atoms with van der Waals surface area (Å²) in [7, 11) is 0. The van der Waals surface area contributed by atoms with Crippen LogP contribution in [0.15, 0.2) is 18.6 Å². The number of thiazole rings is 1. The molecule has 2 aromatic heterocycles. The molecule has 0 aliphatic carbocycles. The maximum absolute atomic E-state index is 10.7. The average molecular weight is 251 g/mol. The lowest BCUT2D eigenvalue weighted by Gasteiger charge is -2.00. The van der Waals surface area contributed by atoms with Crippen LogP contribution >= 0.6 is 11.3 Å².